The van der Waals surface area contributed by atoms with Crippen molar-refractivity contribution in [2.45, 2.75) is 6.92 Å². The minimum Gasteiger partial charge on any atom is -0.878 e. The molecule has 0 aliphatic heterocycles. The second-order valence-electron chi connectivity index (χ2n) is 1.48. The van der Waals surface area contributed by atoms with Gasteiger partial charge in [-0.2, -0.15) is 0 Å². The Morgan fingerprint density at radius 1 is 1.60 bits per heavy atom. The number of hydrogen-bond donors (Lipinski definition) is 0. The van der Waals surface area contributed by atoms with E-state index < -0.39 is 0 Å². The normalized spacial score (nSPS) is 11.5. The van der Waals surface area contributed by atoms with Gasteiger partial charge in [0.25, 0.3) is 0 Å². The molecular weight excluding hydrogens is 136 g/mol. The molecule has 0 unspecified atom stereocenters. The Hall–Kier alpha value is -0.870. The van der Waals surface area contributed by atoms with Gasteiger partial charge in [-0.15, -0.1) is 6.26 Å². The zero-order valence-electron chi connectivity index (χ0n) is 5.70. The summed E-state index contributed by atoms with van der Waals surface area (Å²) in [5.41, 5.74) is 0.0356. The summed E-state index contributed by atoms with van der Waals surface area (Å²) in [6.45, 7) is 2.05. The Morgan fingerprint density at radius 2 is 2.30 bits per heavy atom. The molecule has 0 saturated heterocycles. The van der Waals surface area contributed by atoms with Crippen molar-refractivity contribution in [2.24, 2.45) is 0 Å². The van der Waals surface area contributed by atoms with Crippen LogP contribution in [-0.2, 0) is 14.6 Å². The third kappa shape index (κ3) is 4.05. The first-order valence-corrected chi connectivity index (χ1v) is 2.85. The standard InChI is InChI=1S/C6H10O4/c1-2-9-10-5-6(3-7)4-8/h3-4,7H,2,5H2,1H3/p-1/b6-3-. The second kappa shape index (κ2) is 6.25. The first kappa shape index (κ1) is 9.13. The lowest BCUT2D eigenvalue weighted by molar-refractivity contribution is -0.293. The summed E-state index contributed by atoms with van der Waals surface area (Å²) in [5, 5.41) is 9.93. The van der Waals surface area contributed by atoms with Crippen molar-refractivity contribution in [3.05, 3.63) is 11.8 Å². The van der Waals surface area contributed by atoms with Gasteiger partial charge in [-0.05, 0) is 6.92 Å². The van der Waals surface area contributed by atoms with Gasteiger partial charge in [0.2, 0.25) is 0 Å². The van der Waals surface area contributed by atoms with E-state index in [2.05, 4.69) is 9.78 Å². The summed E-state index contributed by atoms with van der Waals surface area (Å²) >= 11 is 0. The van der Waals surface area contributed by atoms with E-state index in [-0.39, 0.29) is 12.2 Å². The molecule has 0 bridgehead atoms. The minimum atomic E-state index is -0.0825. The Morgan fingerprint density at radius 3 is 2.70 bits per heavy atom. The van der Waals surface area contributed by atoms with Crippen molar-refractivity contribution in [2.75, 3.05) is 13.2 Å². The first-order chi connectivity index (χ1) is 4.85. The van der Waals surface area contributed by atoms with Crippen LogP contribution in [-0.4, -0.2) is 19.5 Å². The van der Waals surface area contributed by atoms with Gasteiger partial charge in [0.05, 0.1) is 6.61 Å². The molecule has 0 amide bonds. The summed E-state index contributed by atoms with van der Waals surface area (Å²) in [7, 11) is 0. The molecule has 0 heterocycles. The second-order valence-corrected chi connectivity index (χ2v) is 1.48. The summed E-state index contributed by atoms with van der Waals surface area (Å²) in [6.07, 6.45) is 0.873. The summed E-state index contributed by atoms with van der Waals surface area (Å²) in [5.74, 6) is 0. The van der Waals surface area contributed by atoms with E-state index in [1.54, 1.807) is 6.92 Å². The lowest BCUT2D eigenvalue weighted by Crippen LogP contribution is -2.04. The van der Waals surface area contributed by atoms with Gasteiger partial charge in [-0.1, -0.05) is 0 Å². The van der Waals surface area contributed by atoms with Crippen LogP contribution in [0.1, 0.15) is 6.92 Å². The van der Waals surface area contributed by atoms with Crippen LogP contribution in [0.15, 0.2) is 11.8 Å². The topological polar surface area (TPSA) is 58.6 Å². The molecule has 4 nitrogen and oxygen atoms in total. The molecule has 0 atom stereocenters. The van der Waals surface area contributed by atoms with Crippen LogP contribution in [0.2, 0.25) is 0 Å². The first-order valence-electron chi connectivity index (χ1n) is 2.85. The van der Waals surface area contributed by atoms with Crippen LogP contribution in [0, 0.1) is 0 Å². The zero-order chi connectivity index (χ0) is 7.82. The molecule has 10 heavy (non-hydrogen) atoms. The van der Waals surface area contributed by atoms with E-state index >= 15 is 0 Å². The highest BCUT2D eigenvalue weighted by Gasteiger charge is 1.90. The summed E-state index contributed by atoms with van der Waals surface area (Å²) in [6, 6.07) is 0. The smallest absolute Gasteiger partial charge is 0.147 e. The Labute approximate surface area is 59.0 Å². The van der Waals surface area contributed by atoms with Crippen molar-refractivity contribution in [1.29, 1.82) is 0 Å². The fourth-order valence-electron chi connectivity index (χ4n) is 0.289. The highest BCUT2D eigenvalue weighted by molar-refractivity contribution is 5.72. The molecule has 0 aromatic rings. The van der Waals surface area contributed by atoms with E-state index in [1.807, 2.05) is 0 Å². The molecule has 58 valence electrons. The van der Waals surface area contributed by atoms with E-state index in [0.29, 0.717) is 19.2 Å². The largest absolute Gasteiger partial charge is 0.878 e. The predicted molar refractivity (Wildman–Crippen MR) is 31.7 cm³/mol. The lowest BCUT2D eigenvalue weighted by Gasteiger charge is -2.01. The van der Waals surface area contributed by atoms with Gasteiger partial charge in [-0.3, -0.25) is 4.79 Å². The molecule has 0 saturated carbocycles. The van der Waals surface area contributed by atoms with Gasteiger partial charge < -0.3 is 5.11 Å². The maximum absolute atomic E-state index is 9.93. The van der Waals surface area contributed by atoms with Crippen molar-refractivity contribution in [3.8, 4) is 0 Å². The molecule has 0 fully saturated rings. The monoisotopic (exact) mass is 145 g/mol. The van der Waals surface area contributed by atoms with Crippen LogP contribution < -0.4 is 5.11 Å². The fraction of sp³-hybridized carbons (Fsp3) is 0.500. The molecule has 4 heteroatoms. The summed E-state index contributed by atoms with van der Waals surface area (Å²) < 4.78 is 0. The van der Waals surface area contributed by atoms with E-state index in [1.165, 1.54) is 0 Å². The predicted octanol–water partition coefficient (Wildman–Crippen LogP) is -0.602. The van der Waals surface area contributed by atoms with Crippen molar-refractivity contribution >= 4 is 6.29 Å². The van der Waals surface area contributed by atoms with E-state index in [4.69, 9.17) is 0 Å². The molecule has 0 N–H and O–H groups in total. The van der Waals surface area contributed by atoms with Gasteiger partial charge in [-0.25, -0.2) is 9.78 Å². The molecular formula is C6H9O4-. The van der Waals surface area contributed by atoms with Gasteiger partial charge in [0, 0.05) is 5.57 Å². The maximum Gasteiger partial charge on any atom is 0.147 e. The highest BCUT2D eigenvalue weighted by atomic mass is 17.2. The minimum absolute atomic E-state index is 0.0356. The van der Waals surface area contributed by atoms with Gasteiger partial charge >= 0.3 is 0 Å². The Kier molecular flexibility index (Phi) is 5.71. The fourth-order valence-corrected chi connectivity index (χ4v) is 0.289. The van der Waals surface area contributed by atoms with Crippen LogP contribution in [0.25, 0.3) is 0 Å². The number of carbonyl (C=O) groups excluding carboxylic acids is 1. The van der Waals surface area contributed by atoms with Crippen molar-refractivity contribution in [3.63, 3.8) is 0 Å². The number of rotatable bonds is 5. The molecule has 0 aromatic heterocycles. The van der Waals surface area contributed by atoms with Crippen molar-refractivity contribution < 1.29 is 19.7 Å². The van der Waals surface area contributed by atoms with Gasteiger partial charge in [0.15, 0.2) is 0 Å². The lowest BCUT2D eigenvalue weighted by atomic mass is 10.4. The number of aldehydes is 1. The van der Waals surface area contributed by atoms with Gasteiger partial charge in [0.1, 0.15) is 12.9 Å². The summed E-state index contributed by atoms with van der Waals surface area (Å²) in [4.78, 5) is 18.8. The molecule has 0 rings (SSSR count). The maximum atomic E-state index is 9.93. The highest BCUT2D eigenvalue weighted by Crippen LogP contribution is 1.88. The van der Waals surface area contributed by atoms with Crippen LogP contribution in [0.3, 0.4) is 0 Å². The third-order valence-corrected chi connectivity index (χ3v) is 0.730. The molecule has 0 aromatic carbocycles. The van der Waals surface area contributed by atoms with E-state index in [0.717, 1.165) is 0 Å². The SMILES string of the molecule is CCOOC/C(C=O)=C\[O-]. The van der Waals surface area contributed by atoms with Crippen molar-refractivity contribution in [1.82, 2.24) is 0 Å². The average Bonchev–Trinajstić information content (AvgIpc) is 1.99. The zero-order valence-corrected chi connectivity index (χ0v) is 5.70. The average molecular weight is 145 g/mol. The molecule has 0 aliphatic carbocycles. The van der Waals surface area contributed by atoms with E-state index in [9.17, 15) is 9.90 Å². The third-order valence-electron chi connectivity index (χ3n) is 0.730. The molecule has 0 spiro atoms. The molecule has 0 radical (unpaired) electrons. The van der Waals surface area contributed by atoms with Crippen LogP contribution >= 0.6 is 0 Å². The number of hydrogen-bond acceptors (Lipinski definition) is 4. The van der Waals surface area contributed by atoms with Crippen LogP contribution in [0.5, 0.6) is 0 Å². The quantitative estimate of drug-likeness (QED) is 0.129. The Bertz CT molecular complexity index is 119. The molecule has 0 aliphatic rings. The number of carbonyl (C=O) groups is 1. The van der Waals surface area contributed by atoms with Crippen LogP contribution in [0.4, 0.5) is 0 Å². The Balaban J connectivity index is 3.36.